The summed E-state index contributed by atoms with van der Waals surface area (Å²) in [5, 5.41) is 14.2. The minimum Gasteiger partial charge on any atom is -0.490 e. The number of imide groups is 1. The summed E-state index contributed by atoms with van der Waals surface area (Å²) in [5.41, 5.74) is 0.994. The maximum absolute atomic E-state index is 12.4. The zero-order valence-electron chi connectivity index (χ0n) is 17.9. The van der Waals surface area contributed by atoms with Crippen molar-refractivity contribution in [1.29, 1.82) is 5.26 Å². The predicted octanol–water partition coefficient (Wildman–Crippen LogP) is 2.37. The molecule has 2 heterocycles. The maximum atomic E-state index is 12.4. The Kier molecular flexibility index (Phi) is 7.33. The molecule has 2 saturated heterocycles. The van der Waals surface area contributed by atoms with Crippen LogP contribution in [0.1, 0.15) is 44.1 Å². The van der Waals surface area contributed by atoms with Gasteiger partial charge in [-0.1, -0.05) is 23.9 Å². The van der Waals surface area contributed by atoms with Crippen LogP contribution in [0.4, 0.5) is 4.79 Å². The standard InChI is InChI=1S/C23H28N4O4S/c24-13-17-2-1-11-27(17)21(28)14-25-16-5-9-19(10-6-16)31-18-7-3-15(4-8-18)12-20-22(29)26-23(30)32-20/h3-4,7-8,16-17,19-20,25H,1-2,5-6,9-12,14H2,(H,26,29,30)/t16?,17-,19?,20?/m0/s1. The van der Waals surface area contributed by atoms with Gasteiger partial charge >= 0.3 is 0 Å². The van der Waals surface area contributed by atoms with Gasteiger partial charge in [0, 0.05) is 12.6 Å². The van der Waals surface area contributed by atoms with Crippen LogP contribution in [0.15, 0.2) is 24.3 Å². The molecule has 1 saturated carbocycles. The van der Waals surface area contributed by atoms with E-state index in [-0.39, 0.29) is 34.4 Å². The molecule has 2 N–H and O–H groups in total. The van der Waals surface area contributed by atoms with Crippen molar-refractivity contribution in [2.45, 2.75) is 68.4 Å². The van der Waals surface area contributed by atoms with Crippen LogP contribution in [0.2, 0.25) is 0 Å². The maximum Gasteiger partial charge on any atom is 0.286 e. The number of amides is 3. The van der Waals surface area contributed by atoms with E-state index in [2.05, 4.69) is 16.7 Å². The van der Waals surface area contributed by atoms with Crippen molar-refractivity contribution in [3.8, 4) is 11.8 Å². The Morgan fingerprint density at radius 3 is 2.59 bits per heavy atom. The highest BCUT2D eigenvalue weighted by molar-refractivity contribution is 8.15. The topological polar surface area (TPSA) is 112 Å². The van der Waals surface area contributed by atoms with E-state index in [0.29, 0.717) is 25.6 Å². The lowest BCUT2D eigenvalue weighted by molar-refractivity contribution is -0.130. The van der Waals surface area contributed by atoms with E-state index in [9.17, 15) is 14.4 Å². The molecule has 8 nitrogen and oxygen atoms in total. The van der Waals surface area contributed by atoms with Crippen molar-refractivity contribution in [2.75, 3.05) is 13.1 Å². The van der Waals surface area contributed by atoms with Crippen molar-refractivity contribution < 1.29 is 19.1 Å². The van der Waals surface area contributed by atoms with Crippen LogP contribution in [0.3, 0.4) is 0 Å². The number of ether oxygens (including phenoxy) is 1. The quantitative estimate of drug-likeness (QED) is 0.648. The first kappa shape index (κ1) is 22.6. The zero-order valence-corrected chi connectivity index (χ0v) is 18.7. The van der Waals surface area contributed by atoms with E-state index in [4.69, 9.17) is 10.00 Å². The SMILES string of the molecule is N#C[C@@H]1CCCN1C(=O)CNC1CCC(Oc2ccc(CC3SC(=O)NC3=O)cc2)CC1. The molecule has 0 radical (unpaired) electrons. The Morgan fingerprint density at radius 1 is 1.19 bits per heavy atom. The second-order valence-electron chi connectivity index (χ2n) is 8.58. The minimum atomic E-state index is -0.361. The summed E-state index contributed by atoms with van der Waals surface area (Å²) in [5.74, 6) is 0.597. The fourth-order valence-electron chi connectivity index (χ4n) is 4.56. The molecule has 0 aromatic heterocycles. The van der Waals surface area contributed by atoms with E-state index < -0.39 is 0 Å². The number of nitrogens with zero attached hydrogens (tertiary/aromatic N) is 2. The highest BCUT2D eigenvalue weighted by Gasteiger charge is 2.32. The molecule has 2 atom stereocenters. The lowest BCUT2D eigenvalue weighted by Gasteiger charge is -2.30. The third-order valence-electron chi connectivity index (χ3n) is 6.35. The molecule has 3 aliphatic rings. The van der Waals surface area contributed by atoms with E-state index in [1.54, 1.807) is 4.90 Å². The van der Waals surface area contributed by atoms with Gasteiger partial charge in [0.25, 0.3) is 5.24 Å². The summed E-state index contributed by atoms with van der Waals surface area (Å²) in [6, 6.07) is 9.96. The molecule has 170 valence electrons. The van der Waals surface area contributed by atoms with Gasteiger partial charge in [-0.2, -0.15) is 5.26 Å². The average molecular weight is 457 g/mol. The van der Waals surface area contributed by atoms with Crippen LogP contribution in [-0.4, -0.2) is 58.5 Å². The van der Waals surface area contributed by atoms with Gasteiger partial charge in [-0.15, -0.1) is 0 Å². The van der Waals surface area contributed by atoms with Gasteiger partial charge < -0.3 is 15.0 Å². The third-order valence-corrected chi connectivity index (χ3v) is 7.33. The average Bonchev–Trinajstić information content (AvgIpc) is 3.40. The number of benzene rings is 1. The Bertz CT molecular complexity index is 892. The number of hydrogen-bond donors (Lipinski definition) is 2. The number of nitrogens with one attached hydrogen (secondary N) is 2. The van der Waals surface area contributed by atoms with Gasteiger partial charge in [-0.25, -0.2) is 0 Å². The third kappa shape index (κ3) is 5.61. The van der Waals surface area contributed by atoms with Crippen LogP contribution < -0.4 is 15.4 Å². The summed E-state index contributed by atoms with van der Waals surface area (Å²) < 4.78 is 6.12. The van der Waals surface area contributed by atoms with E-state index >= 15 is 0 Å². The molecule has 4 rings (SSSR count). The van der Waals surface area contributed by atoms with Gasteiger partial charge in [0.1, 0.15) is 11.8 Å². The smallest absolute Gasteiger partial charge is 0.286 e. The molecular formula is C23H28N4O4S. The molecule has 1 aliphatic carbocycles. The second kappa shape index (κ2) is 10.4. The highest BCUT2D eigenvalue weighted by Crippen LogP contribution is 2.26. The number of carbonyl (C=O) groups is 3. The van der Waals surface area contributed by atoms with Gasteiger partial charge in [0.2, 0.25) is 11.8 Å². The number of likely N-dealkylation sites (tertiary alicyclic amines) is 1. The molecule has 1 unspecified atom stereocenters. The Hall–Kier alpha value is -2.57. The van der Waals surface area contributed by atoms with Crippen LogP contribution >= 0.6 is 11.8 Å². The minimum absolute atomic E-state index is 0.0189. The first-order valence-corrected chi connectivity index (χ1v) is 12.1. The lowest BCUT2D eigenvalue weighted by atomic mass is 9.93. The van der Waals surface area contributed by atoms with Crippen LogP contribution in [0.25, 0.3) is 0 Å². The molecule has 3 amide bonds. The zero-order chi connectivity index (χ0) is 22.5. The molecule has 2 aliphatic heterocycles. The molecule has 3 fully saturated rings. The molecular weight excluding hydrogens is 428 g/mol. The lowest BCUT2D eigenvalue weighted by Crippen LogP contribution is -2.44. The van der Waals surface area contributed by atoms with Gasteiger partial charge in [0.15, 0.2) is 0 Å². The van der Waals surface area contributed by atoms with Crippen molar-refractivity contribution in [1.82, 2.24) is 15.5 Å². The van der Waals surface area contributed by atoms with Crippen molar-refractivity contribution in [3.05, 3.63) is 29.8 Å². The molecule has 0 spiro atoms. The summed E-state index contributed by atoms with van der Waals surface area (Å²) in [6.45, 7) is 0.974. The largest absolute Gasteiger partial charge is 0.490 e. The normalized spacial score (nSPS) is 27.8. The second-order valence-corrected chi connectivity index (χ2v) is 9.75. The van der Waals surface area contributed by atoms with Crippen molar-refractivity contribution in [3.63, 3.8) is 0 Å². The molecule has 32 heavy (non-hydrogen) atoms. The number of rotatable bonds is 7. The summed E-state index contributed by atoms with van der Waals surface area (Å²) in [6.07, 6.45) is 6.06. The fraction of sp³-hybridized carbons (Fsp3) is 0.565. The van der Waals surface area contributed by atoms with Crippen LogP contribution in [-0.2, 0) is 16.0 Å². The van der Waals surface area contributed by atoms with Crippen molar-refractivity contribution in [2.24, 2.45) is 0 Å². The van der Waals surface area contributed by atoms with Gasteiger partial charge in [-0.05, 0) is 62.6 Å². The highest BCUT2D eigenvalue weighted by atomic mass is 32.2. The summed E-state index contributed by atoms with van der Waals surface area (Å²) >= 11 is 1.04. The fourth-order valence-corrected chi connectivity index (χ4v) is 5.42. The summed E-state index contributed by atoms with van der Waals surface area (Å²) in [4.78, 5) is 37.1. The van der Waals surface area contributed by atoms with Crippen LogP contribution in [0, 0.1) is 11.3 Å². The first-order chi connectivity index (χ1) is 15.5. The van der Waals surface area contributed by atoms with Gasteiger partial charge in [0.05, 0.1) is 24.0 Å². The number of thioether (sulfide) groups is 1. The van der Waals surface area contributed by atoms with E-state index in [1.165, 1.54) is 0 Å². The number of hydrogen-bond acceptors (Lipinski definition) is 7. The van der Waals surface area contributed by atoms with E-state index in [1.807, 2.05) is 24.3 Å². The molecule has 0 bridgehead atoms. The van der Waals surface area contributed by atoms with Gasteiger partial charge in [-0.3, -0.25) is 19.7 Å². The monoisotopic (exact) mass is 456 g/mol. The summed E-state index contributed by atoms with van der Waals surface area (Å²) in [7, 11) is 0. The molecule has 9 heteroatoms. The van der Waals surface area contributed by atoms with Crippen molar-refractivity contribution >= 4 is 28.8 Å². The Labute approximate surface area is 192 Å². The van der Waals surface area contributed by atoms with Crippen LogP contribution in [0.5, 0.6) is 5.75 Å². The molecule has 1 aromatic carbocycles. The Morgan fingerprint density at radius 2 is 1.94 bits per heavy atom. The molecule has 1 aromatic rings. The van der Waals surface area contributed by atoms with E-state index in [0.717, 1.165) is 61.6 Å². The Balaban J connectivity index is 1.17. The first-order valence-electron chi connectivity index (χ1n) is 11.2. The number of carbonyl (C=O) groups excluding carboxylic acids is 3. The predicted molar refractivity (Wildman–Crippen MR) is 120 cm³/mol. The number of nitriles is 1.